The number of hydrogen-bond donors (Lipinski definition) is 0. The van der Waals surface area contributed by atoms with Crippen molar-refractivity contribution < 1.29 is 14.5 Å². The molecule has 0 unspecified atom stereocenters. The Bertz CT molecular complexity index is 706. The molecular formula is C13H8Cl2N2O4. The number of halogens is 2. The molecule has 0 fully saturated rings. The zero-order valence-electron chi connectivity index (χ0n) is 10.5. The van der Waals surface area contributed by atoms with Gasteiger partial charge in [0.15, 0.2) is 6.61 Å². The Balaban J connectivity index is 2.13. The zero-order valence-corrected chi connectivity index (χ0v) is 12.0. The Morgan fingerprint density at radius 2 is 2.10 bits per heavy atom. The van der Waals surface area contributed by atoms with Crippen molar-refractivity contribution in [1.82, 2.24) is 4.98 Å². The molecule has 2 aromatic rings. The van der Waals surface area contributed by atoms with Gasteiger partial charge in [0.05, 0.1) is 5.02 Å². The van der Waals surface area contributed by atoms with Gasteiger partial charge in [-0.3, -0.25) is 4.79 Å². The van der Waals surface area contributed by atoms with Gasteiger partial charge in [-0.25, -0.2) is 0 Å². The largest absolute Gasteiger partial charge is 0.477 e. The number of Topliss-reactive ketones (excluding diaryl/α,β-unsaturated/α-hetero) is 1. The monoisotopic (exact) mass is 326 g/mol. The Kier molecular flexibility index (Phi) is 4.72. The van der Waals surface area contributed by atoms with Crippen LogP contribution < -0.4 is 4.74 Å². The van der Waals surface area contributed by atoms with Crippen LogP contribution in [0.5, 0.6) is 5.75 Å². The van der Waals surface area contributed by atoms with Crippen LogP contribution in [0.25, 0.3) is 0 Å². The molecule has 108 valence electrons. The molecule has 0 bridgehead atoms. The third-order valence-electron chi connectivity index (χ3n) is 2.51. The predicted octanol–water partition coefficient (Wildman–Crippen LogP) is 3.56. The predicted molar refractivity (Wildman–Crippen MR) is 77.2 cm³/mol. The van der Waals surface area contributed by atoms with E-state index in [9.17, 15) is 14.9 Å². The highest BCUT2D eigenvalue weighted by molar-refractivity contribution is 6.36. The van der Waals surface area contributed by atoms with E-state index in [1.54, 1.807) is 0 Å². The van der Waals surface area contributed by atoms with Crippen molar-refractivity contribution in [2.75, 3.05) is 6.61 Å². The maximum atomic E-state index is 12.0. The van der Waals surface area contributed by atoms with E-state index in [0.717, 1.165) is 0 Å². The van der Waals surface area contributed by atoms with Gasteiger partial charge < -0.3 is 14.9 Å². The molecule has 0 amide bonds. The summed E-state index contributed by atoms with van der Waals surface area (Å²) in [6, 6.07) is 7.26. The van der Waals surface area contributed by atoms with Crippen molar-refractivity contribution in [2.24, 2.45) is 0 Å². The molecule has 0 spiro atoms. The summed E-state index contributed by atoms with van der Waals surface area (Å²) >= 11 is 11.6. The first-order chi connectivity index (χ1) is 9.99. The lowest BCUT2D eigenvalue weighted by atomic mass is 10.1. The molecule has 0 aliphatic heterocycles. The van der Waals surface area contributed by atoms with E-state index in [1.807, 2.05) is 0 Å². The van der Waals surface area contributed by atoms with Gasteiger partial charge >= 0.3 is 5.82 Å². The second-order valence-electron chi connectivity index (χ2n) is 3.92. The smallest absolute Gasteiger partial charge is 0.406 e. The summed E-state index contributed by atoms with van der Waals surface area (Å²) in [4.78, 5) is 25.7. The molecule has 1 aromatic carbocycles. The molecule has 0 radical (unpaired) electrons. The number of aromatic nitrogens is 1. The van der Waals surface area contributed by atoms with Crippen molar-refractivity contribution >= 4 is 34.8 Å². The quantitative estimate of drug-likeness (QED) is 0.476. The van der Waals surface area contributed by atoms with Crippen LogP contribution >= 0.6 is 23.2 Å². The second kappa shape index (κ2) is 6.51. The first-order valence-electron chi connectivity index (χ1n) is 5.69. The summed E-state index contributed by atoms with van der Waals surface area (Å²) in [6.45, 7) is -0.395. The minimum Gasteiger partial charge on any atom is -0.477 e. The van der Waals surface area contributed by atoms with Crippen LogP contribution in [0.3, 0.4) is 0 Å². The summed E-state index contributed by atoms with van der Waals surface area (Å²) in [6.07, 6.45) is 1.27. The fraction of sp³-hybridized carbons (Fsp3) is 0.0769. The second-order valence-corrected chi connectivity index (χ2v) is 4.76. The molecular weight excluding hydrogens is 319 g/mol. The van der Waals surface area contributed by atoms with Crippen molar-refractivity contribution in [3.8, 4) is 5.75 Å². The maximum Gasteiger partial charge on any atom is 0.406 e. The Morgan fingerprint density at radius 3 is 2.76 bits per heavy atom. The molecule has 1 aromatic heterocycles. The number of carbonyl (C=O) groups is 1. The standard InChI is InChI=1S/C13H8Cl2N2O4/c14-8-3-4-9(10(15)6-8)11(18)7-21-12-2-1-5-16-13(12)17(19)20/h1-6H,7H2. The topological polar surface area (TPSA) is 82.3 Å². The Hall–Kier alpha value is -2.18. The maximum absolute atomic E-state index is 12.0. The molecule has 0 saturated heterocycles. The van der Waals surface area contributed by atoms with Crippen LogP contribution in [-0.2, 0) is 0 Å². The Labute approximate surface area is 129 Å². The average molecular weight is 327 g/mol. The summed E-state index contributed by atoms with van der Waals surface area (Å²) in [5.41, 5.74) is 0.229. The first-order valence-corrected chi connectivity index (χ1v) is 6.45. The number of ketones is 1. The van der Waals surface area contributed by atoms with Gasteiger partial charge in [0.25, 0.3) is 0 Å². The number of benzene rings is 1. The SMILES string of the molecule is O=C(COc1cccnc1[N+](=O)[O-])c1ccc(Cl)cc1Cl. The number of ether oxygens (including phenoxy) is 1. The van der Waals surface area contributed by atoms with Crippen LogP contribution in [0.15, 0.2) is 36.5 Å². The molecule has 0 saturated carbocycles. The van der Waals surface area contributed by atoms with E-state index in [0.29, 0.717) is 5.02 Å². The van der Waals surface area contributed by atoms with Crippen molar-refractivity contribution in [2.45, 2.75) is 0 Å². The summed E-state index contributed by atoms with van der Waals surface area (Å²) in [5.74, 6) is -0.955. The van der Waals surface area contributed by atoms with E-state index in [2.05, 4.69) is 4.98 Å². The first kappa shape index (κ1) is 15.2. The molecule has 1 heterocycles. The van der Waals surface area contributed by atoms with Gasteiger partial charge in [-0.2, -0.15) is 0 Å². The van der Waals surface area contributed by atoms with Gasteiger partial charge in [0, 0.05) is 10.6 Å². The number of pyridine rings is 1. The van der Waals surface area contributed by atoms with Crippen molar-refractivity contribution in [3.63, 3.8) is 0 Å². The van der Waals surface area contributed by atoms with Crippen LogP contribution in [0, 0.1) is 10.1 Å². The molecule has 0 N–H and O–H groups in total. The molecule has 0 atom stereocenters. The minimum atomic E-state index is -0.685. The van der Waals surface area contributed by atoms with Crippen LogP contribution in [-0.4, -0.2) is 22.3 Å². The lowest BCUT2D eigenvalue weighted by Crippen LogP contribution is -2.13. The molecule has 8 heteroatoms. The average Bonchev–Trinajstić information content (AvgIpc) is 2.45. The van der Waals surface area contributed by atoms with E-state index in [4.69, 9.17) is 27.9 Å². The van der Waals surface area contributed by atoms with Crippen LogP contribution in [0.2, 0.25) is 10.0 Å². The minimum absolute atomic E-state index is 0.0825. The number of carbonyl (C=O) groups excluding carboxylic acids is 1. The molecule has 6 nitrogen and oxygen atoms in total. The van der Waals surface area contributed by atoms with Crippen molar-refractivity contribution in [1.29, 1.82) is 0 Å². The third-order valence-corrected chi connectivity index (χ3v) is 3.06. The lowest BCUT2D eigenvalue weighted by Gasteiger charge is -2.07. The van der Waals surface area contributed by atoms with E-state index in [-0.39, 0.29) is 16.3 Å². The normalized spacial score (nSPS) is 10.2. The third kappa shape index (κ3) is 3.68. The van der Waals surface area contributed by atoms with E-state index >= 15 is 0 Å². The van der Waals surface area contributed by atoms with Gasteiger partial charge in [-0.15, -0.1) is 0 Å². The molecule has 0 aliphatic carbocycles. The molecule has 2 rings (SSSR count). The van der Waals surface area contributed by atoms with Gasteiger partial charge in [-0.05, 0) is 40.2 Å². The van der Waals surface area contributed by atoms with Gasteiger partial charge in [0.1, 0.15) is 6.20 Å². The lowest BCUT2D eigenvalue weighted by molar-refractivity contribution is -0.390. The van der Waals surface area contributed by atoms with E-state index < -0.39 is 23.1 Å². The number of rotatable bonds is 5. The summed E-state index contributed by atoms with van der Waals surface area (Å²) < 4.78 is 5.15. The van der Waals surface area contributed by atoms with E-state index in [1.165, 1.54) is 36.5 Å². The summed E-state index contributed by atoms with van der Waals surface area (Å²) in [5, 5.41) is 11.4. The highest BCUT2D eigenvalue weighted by atomic mass is 35.5. The number of nitro groups is 1. The molecule has 0 aliphatic rings. The fourth-order valence-corrected chi connectivity index (χ4v) is 2.08. The van der Waals surface area contributed by atoms with Crippen LogP contribution in [0.1, 0.15) is 10.4 Å². The summed E-state index contributed by atoms with van der Waals surface area (Å²) in [7, 11) is 0. The Morgan fingerprint density at radius 1 is 1.33 bits per heavy atom. The highest BCUT2D eigenvalue weighted by Gasteiger charge is 2.18. The number of nitrogens with zero attached hydrogens (tertiary/aromatic N) is 2. The van der Waals surface area contributed by atoms with Gasteiger partial charge in [0.2, 0.25) is 11.5 Å². The number of hydrogen-bond acceptors (Lipinski definition) is 5. The zero-order chi connectivity index (χ0) is 15.4. The van der Waals surface area contributed by atoms with Crippen LogP contribution in [0.4, 0.5) is 5.82 Å². The molecule has 21 heavy (non-hydrogen) atoms. The fourth-order valence-electron chi connectivity index (χ4n) is 1.57. The van der Waals surface area contributed by atoms with Crippen molar-refractivity contribution in [3.05, 3.63) is 62.3 Å². The van der Waals surface area contributed by atoms with Gasteiger partial charge in [-0.1, -0.05) is 23.2 Å². The highest BCUT2D eigenvalue weighted by Crippen LogP contribution is 2.24.